The number of carbonyl (C=O) groups is 1. The predicted molar refractivity (Wildman–Crippen MR) is 114 cm³/mol. The zero-order valence-corrected chi connectivity index (χ0v) is 17.9. The van der Waals surface area contributed by atoms with Gasteiger partial charge in [0.25, 0.3) is 0 Å². The van der Waals surface area contributed by atoms with Gasteiger partial charge >= 0.3 is 0 Å². The minimum atomic E-state index is 0.0555. The van der Waals surface area contributed by atoms with Gasteiger partial charge in [-0.25, -0.2) is 0 Å². The molecule has 29 heavy (non-hydrogen) atoms. The van der Waals surface area contributed by atoms with Gasteiger partial charge in [-0.05, 0) is 23.5 Å². The molecule has 0 atom stereocenters. The molecule has 1 amide bonds. The lowest BCUT2D eigenvalue weighted by Gasteiger charge is -2.21. The van der Waals surface area contributed by atoms with Gasteiger partial charge in [-0.3, -0.25) is 4.79 Å². The summed E-state index contributed by atoms with van der Waals surface area (Å²) in [5.41, 5.74) is 4.62. The van der Waals surface area contributed by atoms with Crippen LogP contribution in [0.15, 0.2) is 53.1 Å². The number of amides is 1. The monoisotopic (exact) mass is 391 g/mol. The molecule has 5 nitrogen and oxygen atoms in total. The Kier molecular flexibility index (Phi) is 6.16. The number of hydrogen-bond donors (Lipinski definition) is 0. The summed E-state index contributed by atoms with van der Waals surface area (Å²) >= 11 is 0. The van der Waals surface area contributed by atoms with Gasteiger partial charge in [-0.15, -0.1) is 0 Å². The quantitative estimate of drug-likeness (QED) is 0.597. The third kappa shape index (κ3) is 5.53. The van der Waals surface area contributed by atoms with Crippen LogP contribution >= 0.6 is 0 Å². The van der Waals surface area contributed by atoms with Crippen LogP contribution in [0.3, 0.4) is 0 Å². The normalized spacial score (nSPS) is 11.5. The molecule has 152 valence electrons. The molecule has 3 aromatic rings. The fraction of sp³-hybridized carbons (Fsp3) is 0.375. The number of aromatic nitrogens is 2. The molecule has 0 spiro atoms. The molecule has 3 rings (SSSR count). The number of carbonyl (C=O) groups excluding carboxylic acids is 1. The fourth-order valence-electron chi connectivity index (χ4n) is 3.05. The lowest BCUT2D eigenvalue weighted by atomic mass is 9.87. The third-order valence-corrected chi connectivity index (χ3v) is 5.00. The van der Waals surface area contributed by atoms with Gasteiger partial charge in [0.2, 0.25) is 17.6 Å². The molecule has 0 aliphatic heterocycles. The lowest BCUT2D eigenvalue weighted by Crippen LogP contribution is -2.26. The summed E-state index contributed by atoms with van der Waals surface area (Å²) in [5, 5.41) is 4.02. The van der Waals surface area contributed by atoms with Crippen molar-refractivity contribution in [3.8, 4) is 11.4 Å². The maximum atomic E-state index is 12.5. The van der Waals surface area contributed by atoms with Crippen molar-refractivity contribution in [3.63, 3.8) is 0 Å². The van der Waals surface area contributed by atoms with E-state index in [1.165, 1.54) is 11.1 Å². The van der Waals surface area contributed by atoms with Gasteiger partial charge < -0.3 is 9.42 Å². The highest BCUT2D eigenvalue weighted by Crippen LogP contribution is 2.22. The average molecular weight is 392 g/mol. The van der Waals surface area contributed by atoms with Crippen molar-refractivity contribution in [2.24, 2.45) is 0 Å². The van der Waals surface area contributed by atoms with Gasteiger partial charge in [0.1, 0.15) is 0 Å². The Morgan fingerprint density at radius 1 is 1.03 bits per heavy atom. The summed E-state index contributed by atoms with van der Waals surface area (Å²) in [6, 6.07) is 16.4. The number of benzene rings is 2. The minimum Gasteiger partial charge on any atom is -0.341 e. The Bertz CT molecular complexity index is 951. The summed E-state index contributed by atoms with van der Waals surface area (Å²) in [6.07, 6.45) is 0.775. The second-order valence-corrected chi connectivity index (χ2v) is 8.57. The number of aryl methyl sites for hydroxylation is 2. The predicted octanol–water partition coefficient (Wildman–Crippen LogP) is 4.93. The Morgan fingerprint density at radius 2 is 1.69 bits per heavy atom. The van der Waals surface area contributed by atoms with Crippen LogP contribution in [0.2, 0.25) is 0 Å². The molecule has 0 N–H and O–H groups in total. The SMILES string of the molecule is Cc1ccc(-c2noc(CCC(=O)N(C)Cc3ccc(C(C)(C)C)cc3)n2)cc1. The first-order chi connectivity index (χ1) is 13.7. The number of rotatable bonds is 6. The van der Waals surface area contributed by atoms with Gasteiger partial charge in [0.05, 0.1) is 0 Å². The molecule has 0 fully saturated rings. The van der Waals surface area contributed by atoms with E-state index in [0.29, 0.717) is 31.1 Å². The molecule has 0 bridgehead atoms. The van der Waals surface area contributed by atoms with E-state index < -0.39 is 0 Å². The second kappa shape index (κ2) is 8.60. The fourth-order valence-corrected chi connectivity index (χ4v) is 3.05. The molecule has 0 aliphatic carbocycles. The van der Waals surface area contributed by atoms with Gasteiger partial charge in [-0.2, -0.15) is 4.98 Å². The molecular weight excluding hydrogens is 362 g/mol. The molecule has 2 aromatic carbocycles. The first-order valence-corrected chi connectivity index (χ1v) is 9.95. The molecule has 0 unspecified atom stereocenters. The van der Waals surface area contributed by atoms with Crippen LogP contribution in [0.1, 0.15) is 49.8 Å². The minimum absolute atomic E-state index is 0.0555. The van der Waals surface area contributed by atoms with Crippen LogP contribution in [-0.2, 0) is 23.2 Å². The number of nitrogens with zero attached hydrogens (tertiary/aromatic N) is 3. The summed E-state index contributed by atoms with van der Waals surface area (Å²) in [7, 11) is 1.82. The highest BCUT2D eigenvalue weighted by Gasteiger charge is 2.15. The Labute approximate surface area is 172 Å². The standard InChI is InChI=1S/C24H29N3O2/c1-17-6-10-19(11-7-17)23-25-21(29-26-23)14-15-22(28)27(5)16-18-8-12-20(13-9-18)24(2,3)4/h6-13H,14-16H2,1-5H3. The van der Waals surface area contributed by atoms with Crippen molar-refractivity contribution in [2.75, 3.05) is 7.05 Å². The molecule has 1 heterocycles. The smallest absolute Gasteiger partial charge is 0.227 e. The van der Waals surface area contributed by atoms with Crippen LogP contribution in [0.25, 0.3) is 11.4 Å². The number of hydrogen-bond acceptors (Lipinski definition) is 4. The van der Waals surface area contributed by atoms with Crippen LogP contribution in [0.4, 0.5) is 0 Å². The molecule has 0 radical (unpaired) electrons. The molecule has 1 aromatic heterocycles. The lowest BCUT2D eigenvalue weighted by molar-refractivity contribution is -0.130. The van der Waals surface area contributed by atoms with Gasteiger partial charge in [0, 0.05) is 32.0 Å². The molecule has 0 saturated carbocycles. The van der Waals surface area contributed by atoms with Crippen LogP contribution < -0.4 is 0 Å². The zero-order valence-electron chi connectivity index (χ0n) is 17.9. The van der Waals surface area contributed by atoms with E-state index in [0.717, 1.165) is 11.1 Å². The molecular formula is C24H29N3O2. The van der Waals surface area contributed by atoms with Crippen molar-refractivity contribution in [2.45, 2.75) is 52.5 Å². The van der Waals surface area contributed by atoms with Crippen molar-refractivity contribution in [1.82, 2.24) is 15.0 Å². The topological polar surface area (TPSA) is 59.2 Å². The summed E-state index contributed by atoms with van der Waals surface area (Å²) in [6.45, 7) is 9.20. The van der Waals surface area contributed by atoms with Gasteiger partial charge in [-0.1, -0.05) is 80.0 Å². The van der Waals surface area contributed by atoms with Crippen molar-refractivity contribution in [1.29, 1.82) is 0 Å². The average Bonchev–Trinajstić information content (AvgIpc) is 3.15. The van der Waals surface area contributed by atoms with E-state index in [1.54, 1.807) is 4.90 Å². The maximum absolute atomic E-state index is 12.5. The molecule has 5 heteroatoms. The van der Waals surface area contributed by atoms with E-state index in [-0.39, 0.29) is 11.3 Å². The van der Waals surface area contributed by atoms with Crippen molar-refractivity contribution >= 4 is 5.91 Å². The van der Waals surface area contributed by atoms with Crippen LogP contribution in [0.5, 0.6) is 0 Å². The second-order valence-electron chi connectivity index (χ2n) is 8.57. The first kappa shape index (κ1) is 20.8. The highest BCUT2D eigenvalue weighted by molar-refractivity contribution is 5.76. The van der Waals surface area contributed by atoms with E-state index >= 15 is 0 Å². The largest absolute Gasteiger partial charge is 0.341 e. The molecule has 0 saturated heterocycles. The Balaban J connectivity index is 1.53. The summed E-state index contributed by atoms with van der Waals surface area (Å²) < 4.78 is 5.31. The molecule has 0 aliphatic rings. The van der Waals surface area contributed by atoms with E-state index in [2.05, 4.69) is 55.2 Å². The summed E-state index contributed by atoms with van der Waals surface area (Å²) in [4.78, 5) is 18.6. The van der Waals surface area contributed by atoms with E-state index in [9.17, 15) is 4.79 Å². The zero-order chi connectivity index (χ0) is 21.0. The third-order valence-electron chi connectivity index (χ3n) is 5.00. The Morgan fingerprint density at radius 3 is 2.31 bits per heavy atom. The Hall–Kier alpha value is -2.95. The van der Waals surface area contributed by atoms with Crippen molar-refractivity contribution < 1.29 is 9.32 Å². The van der Waals surface area contributed by atoms with Gasteiger partial charge in [0.15, 0.2) is 0 Å². The van der Waals surface area contributed by atoms with Crippen LogP contribution in [0, 0.1) is 6.92 Å². The van der Waals surface area contributed by atoms with E-state index in [4.69, 9.17) is 4.52 Å². The highest BCUT2D eigenvalue weighted by atomic mass is 16.5. The summed E-state index contributed by atoms with van der Waals surface area (Å²) in [5.74, 6) is 1.09. The van der Waals surface area contributed by atoms with Crippen molar-refractivity contribution in [3.05, 3.63) is 71.1 Å². The maximum Gasteiger partial charge on any atom is 0.227 e. The van der Waals surface area contributed by atoms with E-state index in [1.807, 2.05) is 38.2 Å². The van der Waals surface area contributed by atoms with Crippen LogP contribution in [-0.4, -0.2) is 28.0 Å². The first-order valence-electron chi connectivity index (χ1n) is 9.95.